The average molecular weight is 292 g/mol. The van der Waals surface area contributed by atoms with Gasteiger partial charge in [-0.3, -0.25) is 4.79 Å². The van der Waals surface area contributed by atoms with Gasteiger partial charge in [-0.2, -0.15) is 0 Å². The Morgan fingerprint density at radius 1 is 1.38 bits per heavy atom. The molecule has 0 amide bonds. The van der Waals surface area contributed by atoms with E-state index in [4.69, 9.17) is 14.2 Å². The van der Waals surface area contributed by atoms with Gasteiger partial charge in [0.1, 0.15) is 6.10 Å². The van der Waals surface area contributed by atoms with Gasteiger partial charge in [-0.15, -0.1) is 0 Å². The van der Waals surface area contributed by atoms with Crippen LogP contribution < -0.4 is 0 Å². The van der Waals surface area contributed by atoms with Gasteiger partial charge in [-0.05, 0) is 31.7 Å². The fourth-order valence-electron chi connectivity index (χ4n) is 2.75. The zero-order valence-electron chi connectivity index (χ0n) is 13.2. The van der Waals surface area contributed by atoms with E-state index < -0.39 is 5.79 Å². The molecule has 0 aliphatic carbocycles. The van der Waals surface area contributed by atoms with Crippen LogP contribution in [0.3, 0.4) is 0 Å². The fourth-order valence-corrected chi connectivity index (χ4v) is 2.75. The molecule has 0 bridgehead atoms. The molecule has 0 spiro atoms. The molecule has 0 radical (unpaired) electrons. The highest BCUT2D eigenvalue weighted by atomic mass is 16.7. The number of hydrogen-bond acceptors (Lipinski definition) is 4. The van der Waals surface area contributed by atoms with Gasteiger partial charge in [0.2, 0.25) is 0 Å². The summed E-state index contributed by atoms with van der Waals surface area (Å²) < 4.78 is 17.0. The van der Waals surface area contributed by atoms with Crippen molar-refractivity contribution in [2.24, 2.45) is 5.92 Å². The van der Waals surface area contributed by atoms with Crippen LogP contribution in [0.2, 0.25) is 0 Å². The van der Waals surface area contributed by atoms with Crippen molar-refractivity contribution in [1.82, 2.24) is 0 Å². The van der Waals surface area contributed by atoms with Crippen molar-refractivity contribution in [3.05, 3.63) is 35.9 Å². The Hall–Kier alpha value is -1.39. The highest BCUT2D eigenvalue weighted by Gasteiger charge is 2.35. The standard InChI is InChI=1S/C17H24O4/c1-12(10-15-11-19-17(3,4)21-15)16(20-13(2)18)14-8-6-5-7-9-14/h5-9,12,15-16H,10-11H2,1-4H3. The molecule has 0 N–H and O–H groups in total. The van der Waals surface area contributed by atoms with Gasteiger partial charge >= 0.3 is 5.97 Å². The maximum atomic E-state index is 11.4. The zero-order chi connectivity index (χ0) is 15.5. The van der Waals surface area contributed by atoms with Crippen molar-refractivity contribution in [2.75, 3.05) is 6.61 Å². The van der Waals surface area contributed by atoms with Crippen LogP contribution >= 0.6 is 0 Å². The van der Waals surface area contributed by atoms with E-state index in [9.17, 15) is 4.79 Å². The normalized spacial score (nSPS) is 23.5. The third-order valence-corrected chi connectivity index (χ3v) is 3.64. The van der Waals surface area contributed by atoms with Crippen LogP contribution in [0.15, 0.2) is 30.3 Å². The number of rotatable bonds is 5. The molecule has 116 valence electrons. The molecule has 1 aliphatic heterocycles. The number of esters is 1. The summed E-state index contributed by atoms with van der Waals surface area (Å²) in [6.07, 6.45) is 0.573. The van der Waals surface area contributed by atoms with Crippen molar-refractivity contribution < 1.29 is 19.0 Å². The van der Waals surface area contributed by atoms with Crippen LogP contribution in [0.4, 0.5) is 0 Å². The second kappa shape index (κ2) is 6.58. The minimum absolute atomic E-state index is 0.0387. The zero-order valence-corrected chi connectivity index (χ0v) is 13.2. The van der Waals surface area contributed by atoms with Gasteiger partial charge in [0.15, 0.2) is 5.79 Å². The van der Waals surface area contributed by atoms with Gasteiger partial charge in [-0.1, -0.05) is 37.3 Å². The molecule has 0 saturated carbocycles. The molecule has 1 heterocycles. The number of carbonyl (C=O) groups is 1. The summed E-state index contributed by atoms with van der Waals surface area (Å²) in [5, 5.41) is 0. The molecule has 4 heteroatoms. The van der Waals surface area contributed by atoms with Crippen molar-refractivity contribution in [2.45, 2.75) is 52.1 Å². The molecule has 4 nitrogen and oxygen atoms in total. The van der Waals surface area contributed by atoms with E-state index >= 15 is 0 Å². The van der Waals surface area contributed by atoms with E-state index in [0.29, 0.717) is 6.61 Å². The fraction of sp³-hybridized carbons (Fsp3) is 0.588. The SMILES string of the molecule is CC(=O)OC(c1ccccc1)C(C)CC1COC(C)(C)O1. The quantitative estimate of drug-likeness (QED) is 0.780. The summed E-state index contributed by atoms with van der Waals surface area (Å²) in [6, 6.07) is 9.84. The Balaban J connectivity index is 2.05. The van der Waals surface area contributed by atoms with E-state index in [-0.39, 0.29) is 24.1 Å². The van der Waals surface area contributed by atoms with Crippen LogP contribution in [-0.2, 0) is 19.0 Å². The lowest BCUT2D eigenvalue weighted by atomic mass is 9.92. The Morgan fingerprint density at radius 3 is 2.57 bits per heavy atom. The van der Waals surface area contributed by atoms with Crippen LogP contribution in [0.1, 0.15) is 45.8 Å². The van der Waals surface area contributed by atoms with E-state index in [2.05, 4.69) is 6.92 Å². The van der Waals surface area contributed by atoms with E-state index in [0.717, 1.165) is 12.0 Å². The summed E-state index contributed by atoms with van der Waals surface area (Å²) in [6.45, 7) is 7.94. The molecule has 1 aromatic carbocycles. The highest BCUT2D eigenvalue weighted by Crippen LogP contribution is 2.33. The van der Waals surface area contributed by atoms with Gasteiger partial charge < -0.3 is 14.2 Å². The number of benzene rings is 1. The molecule has 1 saturated heterocycles. The van der Waals surface area contributed by atoms with Crippen LogP contribution in [0.25, 0.3) is 0 Å². The largest absolute Gasteiger partial charge is 0.457 e. The number of ether oxygens (including phenoxy) is 3. The first-order chi connectivity index (χ1) is 9.87. The molecular weight excluding hydrogens is 268 g/mol. The van der Waals surface area contributed by atoms with Gasteiger partial charge in [0.05, 0.1) is 12.7 Å². The molecule has 21 heavy (non-hydrogen) atoms. The van der Waals surface area contributed by atoms with Gasteiger partial charge in [0.25, 0.3) is 0 Å². The Bertz CT molecular complexity index is 469. The Labute approximate surface area is 126 Å². The van der Waals surface area contributed by atoms with Crippen LogP contribution in [0.5, 0.6) is 0 Å². The average Bonchev–Trinajstić information content (AvgIpc) is 2.76. The monoisotopic (exact) mass is 292 g/mol. The number of carbonyl (C=O) groups excluding carboxylic acids is 1. The lowest BCUT2D eigenvalue weighted by Crippen LogP contribution is -2.25. The van der Waals surface area contributed by atoms with E-state index in [1.165, 1.54) is 6.92 Å². The maximum Gasteiger partial charge on any atom is 0.303 e. The molecule has 1 aromatic rings. The first-order valence-corrected chi connectivity index (χ1v) is 7.41. The molecule has 0 aromatic heterocycles. The predicted octanol–water partition coefficient (Wildman–Crippen LogP) is 3.47. The van der Waals surface area contributed by atoms with Crippen molar-refractivity contribution >= 4 is 5.97 Å². The van der Waals surface area contributed by atoms with Crippen molar-refractivity contribution in [1.29, 1.82) is 0 Å². The molecule has 3 atom stereocenters. The third-order valence-electron chi connectivity index (χ3n) is 3.64. The topological polar surface area (TPSA) is 44.8 Å². The Morgan fingerprint density at radius 2 is 2.05 bits per heavy atom. The van der Waals surface area contributed by atoms with Gasteiger partial charge in [0, 0.05) is 6.92 Å². The number of hydrogen-bond donors (Lipinski definition) is 0. The molecule has 1 fully saturated rings. The van der Waals surface area contributed by atoms with Crippen LogP contribution in [-0.4, -0.2) is 24.5 Å². The van der Waals surface area contributed by atoms with Gasteiger partial charge in [-0.25, -0.2) is 0 Å². The molecular formula is C17H24O4. The van der Waals surface area contributed by atoms with Crippen molar-refractivity contribution in [3.63, 3.8) is 0 Å². The minimum atomic E-state index is -0.520. The van der Waals surface area contributed by atoms with E-state index in [1.54, 1.807) is 0 Å². The predicted molar refractivity (Wildman–Crippen MR) is 79.6 cm³/mol. The molecule has 3 unspecified atom stereocenters. The smallest absolute Gasteiger partial charge is 0.303 e. The lowest BCUT2D eigenvalue weighted by molar-refractivity contribution is -0.153. The third kappa shape index (κ3) is 4.55. The molecule has 2 rings (SSSR count). The first-order valence-electron chi connectivity index (χ1n) is 7.41. The summed E-state index contributed by atoms with van der Waals surface area (Å²) in [5.41, 5.74) is 1.01. The second-order valence-corrected chi connectivity index (χ2v) is 6.10. The Kier molecular flexibility index (Phi) is 5.01. The van der Waals surface area contributed by atoms with E-state index in [1.807, 2.05) is 44.2 Å². The lowest BCUT2D eigenvalue weighted by Gasteiger charge is -2.26. The summed E-state index contributed by atoms with van der Waals surface area (Å²) >= 11 is 0. The van der Waals surface area contributed by atoms with Crippen molar-refractivity contribution in [3.8, 4) is 0 Å². The molecule has 1 aliphatic rings. The second-order valence-electron chi connectivity index (χ2n) is 6.10. The van der Waals surface area contributed by atoms with Crippen LogP contribution in [0, 0.1) is 5.92 Å². The highest BCUT2D eigenvalue weighted by molar-refractivity contribution is 5.66. The summed E-state index contributed by atoms with van der Waals surface area (Å²) in [5.74, 6) is -0.632. The summed E-state index contributed by atoms with van der Waals surface area (Å²) in [4.78, 5) is 11.4. The maximum absolute atomic E-state index is 11.4. The minimum Gasteiger partial charge on any atom is -0.457 e. The first kappa shape index (κ1) is 16.0. The summed E-state index contributed by atoms with van der Waals surface area (Å²) in [7, 11) is 0.